The van der Waals surface area contributed by atoms with E-state index in [1.807, 2.05) is 0 Å². The molecule has 1 aliphatic heterocycles. The van der Waals surface area contributed by atoms with Crippen molar-refractivity contribution in [3.05, 3.63) is 0 Å². The molecule has 0 radical (unpaired) electrons. The third kappa shape index (κ3) is 1.95. The number of carbonyl (C=O) groups is 2. The Morgan fingerprint density at radius 2 is 2.21 bits per heavy atom. The fraction of sp³-hybridized carbons (Fsp3) is 0.750. The van der Waals surface area contributed by atoms with Gasteiger partial charge in [0, 0.05) is 16.6 Å². The van der Waals surface area contributed by atoms with E-state index in [9.17, 15) is 13.8 Å². The number of hydrogen-bond acceptors (Lipinski definition) is 3. The van der Waals surface area contributed by atoms with Gasteiger partial charge in [0.15, 0.2) is 0 Å². The highest BCUT2D eigenvalue weighted by Gasteiger charge is 2.39. The maximum absolute atomic E-state index is 11.6. The number of rotatable bonds is 1. The molecule has 0 aromatic heterocycles. The molecule has 0 aliphatic carbocycles. The fourth-order valence-electron chi connectivity index (χ4n) is 1.17. The molecule has 2 N–H and O–H groups in total. The van der Waals surface area contributed by atoms with Crippen LogP contribution in [0.5, 0.6) is 0 Å². The van der Waals surface area contributed by atoms with Gasteiger partial charge in [-0.2, -0.15) is 0 Å². The molecule has 1 amide bonds. The van der Waals surface area contributed by atoms with Crippen LogP contribution in [0.15, 0.2) is 0 Å². The predicted molar refractivity (Wildman–Crippen MR) is 51.3 cm³/mol. The SMILES string of the molecule is CC1(C)C(=O)NC(C(=O)O)CCS1=O. The van der Waals surface area contributed by atoms with Gasteiger partial charge in [-0.25, -0.2) is 4.79 Å². The van der Waals surface area contributed by atoms with Crippen molar-refractivity contribution >= 4 is 22.7 Å². The topological polar surface area (TPSA) is 83.5 Å². The summed E-state index contributed by atoms with van der Waals surface area (Å²) >= 11 is 0. The van der Waals surface area contributed by atoms with E-state index >= 15 is 0 Å². The third-order valence-electron chi connectivity index (χ3n) is 2.31. The van der Waals surface area contributed by atoms with Gasteiger partial charge in [-0.3, -0.25) is 9.00 Å². The fourth-order valence-corrected chi connectivity index (χ4v) is 2.40. The molecule has 0 bridgehead atoms. The summed E-state index contributed by atoms with van der Waals surface area (Å²) in [5.41, 5.74) is 0. The van der Waals surface area contributed by atoms with E-state index in [0.29, 0.717) is 0 Å². The molecule has 1 fully saturated rings. The van der Waals surface area contributed by atoms with Gasteiger partial charge in [-0.1, -0.05) is 0 Å². The van der Waals surface area contributed by atoms with E-state index in [1.54, 1.807) is 13.8 Å². The quantitative estimate of drug-likeness (QED) is 0.622. The van der Waals surface area contributed by atoms with Crippen molar-refractivity contribution in [2.24, 2.45) is 0 Å². The van der Waals surface area contributed by atoms with Crippen molar-refractivity contribution in [3.8, 4) is 0 Å². The average molecular weight is 219 g/mol. The molecule has 1 heterocycles. The van der Waals surface area contributed by atoms with Crippen LogP contribution >= 0.6 is 0 Å². The zero-order chi connectivity index (χ0) is 10.9. The summed E-state index contributed by atoms with van der Waals surface area (Å²) in [5.74, 6) is -1.29. The summed E-state index contributed by atoms with van der Waals surface area (Å²) in [6.45, 7) is 3.12. The maximum atomic E-state index is 11.6. The molecular formula is C8H13NO4S. The van der Waals surface area contributed by atoms with Crippen LogP contribution < -0.4 is 5.32 Å². The lowest BCUT2D eigenvalue weighted by atomic mass is 10.1. The minimum atomic E-state index is -1.31. The Bertz CT molecular complexity index is 300. The number of carboxylic acid groups (broad SMARTS) is 1. The molecule has 2 unspecified atom stereocenters. The van der Waals surface area contributed by atoms with E-state index < -0.39 is 33.5 Å². The second-order valence-corrected chi connectivity index (χ2v) is 5.83. The Balaban J connectivity index is 2.89. The van der Waals surface area contributed by atoms with Gasteiger partial charge in [0.2, 0.25) is 5.91 Å². The summed E-state index contributed by atoms with van der Waals surface area (Å²) in [7, 11) is -1.31. The summed E-state index contributed by atoms with van der Waals surface area (Å²) in [4.78, 5) is 22.2. The number of aliphatic carboxylic acids is 1. The van der Waals surface area contributed by atoms with Crippen LogP contribution in [0.2, 0.25) is 0 Å². The Hall–Kier alpha value is -0.910. The molecular weight excluding hydrogens is 206 g/mol. The molecule has 1 rings (SSSR count). The first kappa shape index (κ1) is 11.2. The first-order chi connectivity index (χ1) is 6.35. The summed E-state index contributed by atoms with van der Waals surface area (Å²) in [6.07, 6.45) is 0.219. The van der Waals surface area contributed by atoms with Crippen molar-refractivity contribution in [2.75, 3.05) is 5.75 Å². The molecule has 0 spiro atoms. The molecule has 80 valence electrons. The highest BCUT2D eigenvalue weighted by Crippen LogP contribution is 2.18. The Morgan fingerprint density at radius 3 is 2.71 bits per heavy atom. The second kappa shape index (κ2) is 3.68. The largest absolute Gasteiger partial charge is 0.480 e. The smallest absolute Gasteiger partial charge is 0.326 e. The summed E-state index contributed by atoms with van der Waals surface area (Å²) in [5, 5.41) is 11.1. The minimum Gasteiger partial charge on any atom is -0.480 e. The molecule has 0 aromatic rings. The van der Waals surface area contributed by atoms with Crippen molar-refractivity contribution in [3.63, 3.8) is 0 Å². The number of hydrogen-bond donors (Lipinski definition) is 2. The van der Waals surface area contributed by atoms with Crippen LogP contribution in [0.4, 0.5) is 0 Å². The van der Waals surface area contributed by atoms with Crippen LogP contribution in [0, 0.1) is 0 Å². The van der Waals surface area contributed by atoms with E-state index in [4.69, 9.17) is 5.11 Å². The summed E-state index contributed by atoms with van der Waals surface area (Å²) in [6, 6.07) is -0.909. The van der Waals surface area contributed by atoms with Gasteiger partial charge in [0.1, 0.15) is 10.8 Å². The highest BCUT2D eigenvalue weighted by atomic mass is 32.2. The molecule has 1 saturated heterocycles. The average Bonchev–Trinajstić information content (AvgIpc) is 2.17. The molecule has 2 atom stereocenters. The van der Waals surface area contributed by atoms with Crippen molar-refractivity contribution in [2.45, 2.75) is 31.1 Å². The van der Waals surface area contributed by atoms with Gasteiger partial charge in [-0.05, 0) is 20.3 Å². The van der Waals surface area contributed by atoms with Gasteiger partial charge in [0.25, 0.3) is 0 Å². The van der Waals surface area contributed by atoms with Crippen molar-refractivity contribution in [1.82, 2.24) is 5.32 Å². The standard InChI is InChI=1S/C8H13NO4S/c1-8(2)7(12)9-5(6(10)11)3-4-14(8)13/h5H,3-4H2,1-2H3,(H,9,12)(H,10,11). The minimum absolute atomic E-state index is 0.219. The Labute approximate surface area is 84.3 Å². The van der Waals surface area contributed by atoms with E-state index in [-0.39, 0.29) is 12.2 Å². The van der Waals surface area contributed by atoms with E-state index in [0.717, 1.165) is 0 Å². The first-order valence-electron chi connectivity index (χ1n) is 4.28. The summed E-state index contributed by atoms with van der Waals surface area (Å²) < 4.78 is 10.6. The van der Waals surface area contributed by atoms with Crippen LogP contribution in [-0.4, -0.2) is 37.7 Å². The molecule has 5 nitrogen and oxygen atoms in total. The van der Waals surface area contributed by atoms with Gasteiger partial charge in [0.05, 0.1) is 0 Å². The second-order valence-electron chi connectivity index (χ2n) is 3.71. The number of nitrogens with one attached hydrogen (secondary N) is 1. The van der Waals surface area contributed by atoms with Crippen LogP contribution in [0.25, 0.3) is 0 Å². The van der Waals surface area contributed by atoms with Crippen molar-refractivity contribution < 1.29 is 18.9 Å². The molecule has 6 heteroatoms. The number of carboxylic acids is 1. The lowest BCUT2D eigenvalue weighted by Gasteiger charge is -2.19. The lowest BCUT2D eigenvalue weighted by molar-refractivity contribution is -0.141. The predicted octanol–water partition coefficient (Wildman–Crippen LogP) is -0.513. The number of carbonyl (C=O) groups excluding carboxylic acids is 1. The maximum Gasteiger partial charge on any atom is 0.326 e. The van der Waals surface area contributed by atoms with Crippen LogP contribution in [-0.2, 0) is 20.4 Å². The zero-order valence-corrected chi connectivity index (χ0v) is 8.89. The Kier molecular flexibility index (Phi) is 2.94. The van der Waals surface area contributed by atoms with Crippen molar-refractivity contribution in [1.29, 1.82) is 0 Å². The monoisotopic (exact) mass is 219 g/mol. The van der Waals surface area contributed by atoms with Gasteiger partial charge >= 0.3 is 5.97 Å². The van der Waals surface area contributed by atoms with E-state index in [1.165, 1.54) is 0 Å². The van der Waals surface area contributed by atoms with E-state index in [2.05, 4.69) is 5.32 Å². The molecule has 0 aromatic carbocycles. The highest BCUT2D eigenvalue weighted by molar-refractivity contribution is 7.87. The van der Waals surface area contributed by atoms with Gasteiger partial charge < -0.3 is 10.4 Å². The first-order valence-corrected chi connectivity index (χ1v) is 5.60. The van der Waals surface area contributed by atoms with Crippen LogP contribution in [0.1, 0.15) is 20.3 Å². The Morgan fingerprint density at radius 1 is 1.64 bits per heavy atom. The zero-order valence-electron chi connectivity index (χ0n) is 8.07. The number of amides is 1. The third-order valence-corrected chi connectivity index (χ3v) is 4.24. The lowest BCUT2D eigenvalue weighted by Crippen LogP contribution is -2.48. The van der Waals surface area contributed by atoms with Crippen LogP contribution in [0.3, 0.4) is 0 Å². The molecule has 14 heavy (non-hydrogen) atoms. The molecule has 1 aliphatic rings. The van der Waals surface area contributed by atoms with Gasteiger partial charge in [-0.15, -0.1) is 0 Å². The normalized spacial score (nSPS) is 31.7. The molecule has 0 saturated carbocycles.